The zero-order chi connectivity index (χ0) is 8.70. The minimum Gasteiger partial charge on any atom is -0.214 e. The van der Waals surface area contributed by atoms with Crippen molar-refractivity contribution in [2.45, 2.75) is 46.1 Å². The summed E-state index contributed by atoms with van der Waals surface area (Å²) in [5, 5.41) is 0. The summed E-state index contributed by atoms with van der Waals surface area (Å²) in [5.41, 5.74) is 0.472. The van der Waals surface area contributed by atoms with Gasteiger partial charge in [0.1, 0.15) is 0 Å². The first kappa shape index (κ1) is 9.34. The fourth-order valence-corrected chi connectivity index (χ4v) is 1.92. The smallest absolute Gasteiger partial charge is 0.0356 e. The molecule has 0 aromatic carbocycles. The monoisotopic (exact) mass is 175 g/mol. The molecule has 1 nitrogen and oxygen atoms in total. The molecular formula is C9H18ClN. The maximum absolute atomic E-state index is 6.13. The highest BCUT2D eigenvalue weighted by Gasteiger charge is 2.43. The minimum atomic E-state index is 0.132. The molecule has 0 amide bonds. The molecule has 1 fully saturated rings. The van der Waals surface area contributed by atoms with Crippen LogP contribution in [0.3, 0.4) is 0 Å². The third-order valence-electron chi connectivity index (χ3n) is 3.42. The first-order valence-electron chi connectivity index (χ1n) is 4.31. The summed E-state index contributed by atoms with van der Waals surface area (Å²) < 4.78 is 1.95. The van der Waals surface area contributed by atoms with Crippen molar-refractivity contribution in [3.8, 4) is 0 Å². The van der Waals surface area contributed by atoms with E-state index in [1.54, 1.807) is 0 Å². The van der Waals surface area contributed by atoms with Crippen LogP contribution in [0.4, 0.5) is 0 Å². The molecule has 0 bridgehead atoms. The van der Waals surface area contributed by atoms with Crippen LogP contribution in [-0.2, 0) is 0 Å². The van der Waals surface area contributed by atoms with Gasteiger partial charge in [-0.15, -0.1) is 0 Å². The fourth-order valence-electron chi connectivity index (χ4n) is 1.57. The molecule has 0 atom stereocenters. The number of rotatable bonds is 0. The van der Waals surface area contributed by atoms with E-state index in [2.05, 4.69) is 27.7 Å². The Morgan fingerprint density at radius 3 is 2.09 bits per heavy atom. The maximum atomic E-state index is 6.13. The van der Waals surface area contributed by atoms with E-state index in [1.165, 1.54) is 12.8 Å². The Morgan fingerprint density at radius 2 is 1.73 bits per heavy atom. The second kappa shape index (κ2) is 2.63. The topological polar surface area (TPSA) is 3.24 Å². The van der Waals surface area contributed by atoms with Crippen LogP contribution in [0, 0.1) is 5.41 Å². The third-order valence-corrected chi connectivity index (χ3v) is 4.01. The number of piperidine rings is 1. The van der Waals surface area contributed by atoms with Crippen molar-refractivity contribution < 1.29 is 0 Å². The lowest BCUT2D eigenvalue weighted by molar-refractivity contribution is 0.0298. The molecule has 1 aliphatic heterocycles. The summed E-state index contributed by atoms with van der Waals surface area (Å²) in [5.74, 6) is 0. The molecule has 0 aromatic rings. The van der Waals surface area contributed by atoms with Crippen LogP contribution in [0.2, 0.25) is 0 Å². The second-order valence-electron chi connectivity index (χ2n) is 4.63. The normalized spacial score (nSPS) is 30.3. The molecule has 0 unspecified atom stereocenters. The first-order chi connectivity index (χ1) is 4.88. The van der Waals surface area contributed by atoms with Crippen molar-refractivity contribution >= 4 is 11.8 Å². The predicted octanol–water partition coefficient (Wildman–Crippen LogP) is 3.04. The molecule has 66 valence electrons. The Hall–Kier alpha value is 0.250. The van der Waals surface area contributed by atoms with Crippen molar-refractivity contribution in [3.05, 3.63) is 0 Å². The Labute approximate surface area is 74.8 Å². The third kappa shape index (κ3) is 1.41. The van der Waals surface area contributed by atoms with Crippen LogP contribution in [0.1, 0.15) is 40.5 Å². The molecule has 1 heterocycles. The molecule has 11 heavy (non-hydrogen) atoms. The molecule has 1 aliphatic rings. The SMILES string of the molecule is CC1(C)CCCN(Cl)C1(C)C. The molecule has 1 saturated heterocycles. The maximum Gasteiger partial charge on any atom is 0.0356 e. The van der Waals surface area contributed by atoms with Crippen LogP contribution in [-0.4, -0.2) is 16.5 Å². The zero-order valence-electron chi connectivity index (χ0n) is 7.95. The highest BCUT2D eigenvalue weighted by Crippen LogP contribution is 2.43. The summed E-state index contributed by atoms with van der Waals surface area (Å²) in [6.45, 7) is 10.1. The van der Waals surface area contributed by atoms with E-state index >= 15 is 0 Å². The highest BCUT2D eigenvalue weighted by molar-refractivity contribution is 6.13. The molecule has 1 rings (SSSR count). The van der Waals surface area contributed by atoms with Gasteiger partial charge in [-0.05, 0) is 43.9 Å². The van der Waals surface area contributed by atoms with Gasteiger partial charge in [0.2, 0.25) is 0 Å². The molecule has 0 aromatic heterocycles. The molecular weight excluding hydrogens is 158 g/mol. The Bertz CT molecular complexity index is 152. The molecule has 0 radical (unpaired) electrons. The Balaban J connectivity index is 2.82. The molecule has 0 saturated carbocycles. The molecule has 0 N–H and O–H groups in total. The standard InChI is InChI=1S/C9H18ClN/c1-8(2)6-5-7-11(10)9(8,3)4/h5-7H2,1-4H3. The minimum absolute atomic E-state index is 0.132. The molecule has 2 heteroatoms. The van der Waals surface area contributed by atoms with Gasteiger partial charge in [0, 0.05) is 12.1 Å². The summed E-state index contributed by atoms with van der Waals surface area (Å²) >= 11 is 6.13. The lowest BCUT2D eigenvalue weighted by Crippen LogP contribution is -2.53. The average Bonchev–Trinajstić information content (AvgIpc) is 1.84. The van der Waals surface area contributed by atoms with Gasteiger partial charge in [0.05, 0.1) is 0 Å². The predicted molar refractivity (Wildman–Crippen MR) is 49.7 cm³/mol. The number of nitrogens with zero attached hydrogens (tertiary/aromatic N) is 1. The number of halogens is 1. The van der Waals surface area contributed by atoms with Crippen LogP contribution < -0.4 is 0 Å². The van der Waals surface area contributed by atoms with Crippen LogP contribution >= 0.6 is 11.8 Å². The number of hydrogen-bond donors (Lipinski definition) is 0. The van der Waals surface area contributed by atoms with E-state index in [0.29, 0.717) is 5.41 Å². The molecule has 0 spiro atoms. The van der Waals surface area contributed by atoms with Crippen molar-refractivity contribution in [2.24, 2.45) is 5.41 Å². The molecule has 0 aliphatic carbocycles. The van der Waals surface area contributed by atoms with Crippen molar-refractivity contribution in [1.82, 2.24) is 4.42 Å². The van der Waals surface area contributed by atoms with Crippen molar-refractivity contribution in [1.29, 1.82) is 0 Å². The van der Waals surface area contributed by atoms with E-state index in [4.69, 9.17) is 11.8 Å². The van der Waals surface area contributed by atoms with Gasteiger partial charge >= 0.3 is 0 Å². The van der Waals surface area contributed by atoms with Gasteiger partial charge in [-0.3, -0.25) is 0 Å². The zero-order valence-corrected chi connectivity index (χ0v) is 8.70. The quantitative estimate of drug-likeness (QED) is 0.512. The highest BCUT2D eigenvalue weighted by atomic mass is 35.5. The Morgan fingerprint density at radius 1 is 1.18 bits per heavy atom. The average molecular weight is 176 g/mol. The van der Waals surface area contributed by atoms with Gasteiger partial charge in [0.15, 0.2) is 0 Å². The van der Waals surface area contributed by atoms with Gasteiger partial charge < -0.3 is 0 Å². The van der Waals surface area contributed by atoms with Gasteiger partial charge in [-0.1, -0.05) is 13.8 Å². The first-order valence-corrected chi connectivity index (χ1v) is 4.65. The van der Waals surface area contributed by atoms with Crippen molar-refractivity contribution in [3.63, 3.8) is 0 Å². The number of hydrogen-bond acceptors (Lipinski definition) is 1. The van der Waals surface area contributed by atoms with Gasteiger partial charge in [-0.25, -0.2) is 4.42 Å². The second-order valence-corrected chi connectivity index (χ2v) is 5.04. The van der Waals surface area contributed by atoms with Crippen LogP contribution in [0.25, 0.3) is 0 Å². The van der Waals surface area contributed by atoms with Crippen LogP contribution in [0.15, 0.2) is 0 Å². The van der Waals surface area contributed by atoms with Crippen molar-refractivity contribution in [2.75, 3.05) is 6.54 Å². The van der Waals surface area contributed by atoms with E-state index in [0.717, 1.165) is 6.54 Å². The summed E-state index contributed by atoms with van der Waals surface area (Å²) in [6, 6.07) is 0. The van der Waals surface area contributed by atoms with E-state index in [1.807, 2.05) is 4.42 Å². The summed E-state index contributed by atoms with van der Waals surface area (Å²) in [6.07, 6.45) is 2.50. The van der Waals surface area contributed by atoms with Gasteiger partial charge in [0.25, 0.3) is 0 Å². The Kier molecular flexibility index (Phi) is 2.24. The van der Waals surface area contributed by atoms with Gasteiger partial charge in [-0.2, -0.15) is 0 Å². The fraction of sp³-hybridized carbons (Fsp3) is 1.00. The van der Waals surface area contributed by atoms with Crippen LogP contribution in [0.5, 0.6) is 0 Å². The lowest BCUT2D eigenvalue weighted by atomic mass is 9.69. The van der Waals surface area contributed by atoms with E-state index in [9.17, 15) is 0 Å². The summed E-state index contributed by atoms with van der Waals surface area (Å²) in [4.78, 5) is 0. The summed E-state index contributed by atoms with van der Waals surface area (Å²) in [7, 11) is 0. The lowest BCUT2D eigenvalue weighted by Gasteiger charge is -2.50. The van der Waals surface area contributed by atoms with E-state index in [-0.39, 0.29) is 5.54 Å². The largest absolute Gasteiger partial charge is 0.214 e. The van der Waals surface area contributed by atoms with E-state index < -0.39 is 0 Å².